The Morgan fingerprint density at radius 3 is 2.68 bits per heavy atom. The lowest BCUT2D eigenvalue weighted by Gasteiger charge is -2.28. The number of halogens is 1. The van der Waals surface area contributed by atoms with Crippen LogP contribution in [0.1, 0.15) is 37.3 Å². The van der Waals surface area contributed by atoms with Crippen molar-refractivity contribution in [3.8, 4) is 0 Å². The Balaban J connectivity index is 0.00000176. The molecule has 4 heteroatoms. The summed E-state index contributed by atoms with van der Waals surface area (Å²) < 4.78 is 0. The molecule has 3 unspecified atom stereocenters. The molecule has 0 saturated carbocycles. The molecule has 1 aliphatic carbocycles. The van der Waals surface area contributed by atoms with Crippen molar-refractivity contribution in [2.24, 2.45) is 17.6 Å². The summed E-state index contributed by atoms with van der Waals surface area (Å²) in [6, 6.07) is 9.03. The number of benzene rings is 1. The molecule has 1 aromatic carbocycles. The van der Waals surface area contributed by atoms with E-state index in [4.69, 9.17) is 5.73 Å². The second-order valence-corrected chi connectivity index (χ2v) is 6.81. The first-order valence-electron chi connectivity index (χ1n) is 8.23. The van der Waals surface area contributed by atoms with Gasteiger partial charge >= 0.3 is 0 Å². The van der Waals surface area contributed by atoms with Crippen LogP contribution in [0, 0.1) is 11.8 Å². The van der Waals surface area contributed by atoms with Gasteiger partial charge in [-0.05, 0) is 62.1 Å². The number of rotatable bonds is 3. The highest BCUT2D eigenvalue weighted by Crippen LogP contribution is 2.30. The molecule has 0 aromatic heterocycles. The predicted octanol–water partition coefficient (Wildman–Crippen LogP) is 2.80. The largest absolute Gasteiger partial charge is 0.340 e. The molecule has 3 atom stereocenters. The van der Waals surface area contributed by atoms with Gasteiger partial charge in [0.25, 0.3) is 0 Å². The van der Waals surface area contributed by atoms with Gasteiger partial charge in [0.15, 0.2) is 0 Å². The van der Waals surface area contributed by atoms with E-state index in [1.54, 1.807) is 0 Å². The molecule has 1 aromatic rings. The summed E-state index contributed by atoms with van der Waals surface area (Å²) in [6.45, 7) is 3.72. The fourth-order valence-corrected chi connectivity index (χ4v) is 3.97. The molecule has 0 radical (unpaired) electrons. The molecule has 3 rings (SSSR count). The third-order valence-corrected chi connectivity index (χ3v) is 5.23. The third-order valence-electron chi connectivity index (χ3n) is 5.23. The molecule has 2 N–H and O–H groups in total. The van der Waals surface area contributed by atoms with Gasteiger partial charge in [-0.3, -0.25) is 4.79 Å². The molecule has 2 aliphatic rings. The summed E-state index contributed by atoms with van der Waals surface area (Å²) in [5.74, 6) is 1.34. The highest BCUT2D eigenvalue weighted by molar-refractivity contribution is 5.85. The minimum absolute atomic E-state index is 0. The minimum Gasteiger partial charge on any atom is -0.340 e. The second kappa shape index (κ2) is 7.47. The van der Waals surface area contributed by atoms with Crippen molar-refractivity contribution in [2.75, 3.05) is 13.1 Å². The van der Waals surface area contributed by atoms with Crippen LogP contribution in [0.3, 0.4) is 0 Å². The summed E-state index contributed by atoms with van der Waals surface area (Å²) in [7, 11) is 0. The van der Waals surface area contributed by atoms with Crippen molar-refractivity contribution >= 4 is 18.3 Å². The lowest BCUT2D eigenvalue weighted by atomic mass is 9.82. The molecule has 1 aliphatic heterocycles. The molecule has 1 saturated heterocycles. The number of likely N-dealkylation sites (tertiary alicyclic amines) is 1. The van der Waals surface area contributed by atoms with E-state index >= 15 is 0 Å². The van der Waals surface area contributed by atoms with Crippen LogP contribution < -0.4 is 5.73 Å². The fraction of sp³-hybridized carbons (Fsp3) is 0.611. The molecular weight excluding hydrogens is 296 g/mol. The molecule has 0 spiro atoms. The van der Waals surface area contributed by atoms with Crippen molar-refractivity contribution in [1.82, 2.24) is 4.90 Å². The minimum atomic E-state index is 0. The Kier molecular flexibility index (Phi) is 5.87. The zero-order chi connectivity index (χ0) is 14.8. The van der Waals surface area contributed by atoms with Crippen molar-refractivity contribution < 1.29 is 4.79 Å². The average Bonchev–Trinajstić information content (AvgIpc) is 2.88. The first-order chi connectivity index (χ1) is 10.2. The van der Waals surface area contributed by atoms with E-state index in [0.29, 0.717) is 36.8 Å². The van der Waals surface area contributed by atoms with Crippen molar-refractivity contribution in [3.63, 3.8) is 0 Å². The quantitative estimate of drug-likeness (QED) is 0.930. The lowest BCUT2D eigenvalue weighted by Crippen LogP contribution is -2.36. The topological polar surface area (TPSA) is 46.3 Å². The smallest absolute Gasteiger partial charge is 0.223 e. The summed E-state index contributed by atoms with van der Waals surface area (Å²) in [5, 5.41) is 0. The average molecular weight is 323 g/mol. The maximum atomic E-state index is 12.6. The number of nitrogens with two attached hydrogens (primary N) is 1. The molecule has 1 amide bonds. The summed E-state index contributed by atoms with van der Waals surface area (Å²) in [4.78, 5) is 14.7. The van der Waals surface area contributed by atoms with E-state index in [0.717, 1.165) is 32.2 Å². The summed E-state index contributed by atoms with van der Waals surface area (Å²) in [6.07, 6.45) is 5.09. The Morgan fingerprint density at radius 1 is 1.27 bits per heavy atom. The van der Waals surface area contributed by atoms with Gasteiger partial charge in [0.1, 0.15) is 0 Å². The van der Waals surface area contributed by atoms with E-state index in [1.165, 1.54) is 11.1 Å². The number of fused-ring (bicyclic) bond motifs is 1. The van der Waals surface area contributed by atoms with Gasteiger partial charge in [0.05, 0.1) is 0 Å². The highest BCUT2D eigenvalue weighted by Gasteiger charge is 2.32. The van der Waals surface area contributed by atoms with E-state index in [2.05, 4.69) is 36.1 Å². The molecule has 122 valence electrons. The van der Waals surface area contributed by atoms with Gasteiger partial charge in [-0.1, -0.05) is 24.3 Å². The van der Waals surface area contributed by atoms with E-state index in [-0.39, 0.29) is 12.4 Å². The number of aryl methyl sites for hydroxylation is 1. The predicted molar refractivity (Wildman–Crippen MR) is 92.2 cm³/mol. The van der Waals surface area contributed by atoms with Crippen LogP contribution in [-0.4, -0.2) is 29.9 Å². The fourth-order valence-electron chi connectivity index (χ4n) is 3.97. The number of carbonyl (C=O) groups excluding carboxylic acids is 1. The van der Waals surface area contributed by atoms with Crippen LogP contribution in [0.25, 0.3) is 0 Å². The van der Waals surface area contributed by atoms with Gasteiger partial charge in [-0.15, -0.1) is 12.4 Å². The van der Waals surface area contributed by atoms with Gasteiger partial charge in [-0.2, -0.15) is 0 Å². The van der Waals surface area contributed by atoms with Gasteiger partial charge in [0, 0.05) is 19.0 Å². The molecule has 3 nitrogen and oxygen atoms in total. The van der Waals surface area contributed by atoms with Crippen LogP contribution in [0.2, 0.25) is 0 Å². The van der Waals surface area contributed by atoms with E-state index in [1.807, 2.05) is 0 Å². The number of nitrogens with zero attached hydrogens (tertiary/aromatic N) is 1. The van der Waals surface area contributed by atoms with Crippen LogP contribution >= 0.6 is 12.4 Å². The Labute approximate surface area is 139 Å². The Bertz CT molecular complexity index is 520. The lowest BCUT2D eigenvalue weighted by molar-refractivity contribution is -0.132. The molecular formula is C18H27ClN2O. The Morgan fingerprint density at radius 2 is 2.00 bits per heavy atom. The molecule has 22 heavy (non-hydrogen) atoms. The van der Waals surface area contributed by atoms with Crippen LogP contribution in [-0.2, 0) is 17.6 Å². The van der Waals surface area contributed by atoms with Crippen molar-refractivity contribution in [1.29, 1.82) is 0 Å². The van der Waals surface area contributed by atoms with Crippen LogP contribution in [0.15, 0.2) is 24.3 Å². The number of carbonyl (C=O) groups is 1. The first-order valence-corrected chi connectivity index (χ1v) is 8.23. The maximum Gasteiger partial charge on any atom is 0.223 e. The number of amides is 1. The molecule has 1 heterocycles. The van der Waals surface area contributed by atoms with E-state index in [9.17, 15) is 4.79 Å². The number of hydrogen-bond acceptors (Lipinski definition) is 2. The Hall–Kier alpha value is -1.06. The maximum absolute atomic E-state index is 12.6. The molecule has 1 fully saturated rings. The SMILES string of the molecule is CC1CC(CN)CN1C(=O)CC1CCc2ccccc2C1.Cl. The number of hydrogen-bond donors (Lipinski definition) is 1. The second-order valence-electron chi connectivity index (χ2n) is 6.81. The zero-order valence-corrected chi connectivity index (χ0v) is 14.1. The van der Waals surface area contributed by atoms with Crippen LogP contribution in [0.5, 0.6) is 0 Å². The van der Waals surface area contributed by atoms with Gasteiger partial charge in [0.2, 0.25) is 5.91 Å². The highest BCUT2D eigenvalue weighted by atomic mass is 35.5. The normalized spacial score (nSPS) is 27.2. The third kappa shape index (κ3) is 3.64. The zero-order valence-electron chi connectivity index (χ0n) is 13.3. The standard InChI is InChI=1S/C18H26N2O.ClH/c1-13-8-15(11-19)12-20(13)18(21)10-14-6-7-16-4-2-3-5-17(16)9-14;/h2-5,13-15H,6-12,19H2,1H3;1H. The monoisotopic (exact) mass is 322 g/mol. The summed E-state index contributed by atoms with van der Waals surface area (Å²) >= 11 is 0. The van der Waals surface area contributed by atoms with Crippen molar-refractivity contribution in [2.45, 2.75) is 45.1 Å². The van der Waals surface area contributed by atoms with Crippen LogP contribution in [0.4, 0.5) is 0 Å². The van der Waals surface area contributed by atoms with E-state index < -0.39 is 0 Å². The molecule has 0 bridgehead atoms. The first kappa shape index (κ1) is 17.3. The van der Waals surface area contributed by atoms with Gasteiger partial charge < -0.3 is 10.6 Å². The van der Waals surface area contributed by atoms with Crippen molar-refractivity contribution in [3.05, 3.63) is 35.4 Å². The van der Waals surface area contributed by atoms with Gasteiger partial charge in [-0.25, -0.2) is 0 Å². The summed E-state index contributed by atoms with van der Waals surface area (Å²) in [5.41, 5.74) is 8.67.